The molecule has 0 aliphatic carbocycles. The average molecular weight is 327 g/mol. The van der Waals surface area contributed by atoms with Gasteiger partial charge in [0.15, 0.2) is 18.5 Å². The maximum atomic E-state index is 14.1. The molecule has 0 aromatic heterocycles. The zero-order valence-corrected chi connectivity index (χ0v) is 12.8. The molecular weight excluding hydrogens is 309 g/mol. The van der Waals surface area contributed by atoms with Crippen LogP contribution in [-0.4, -0.2) is 48.8 Å². The number of hydrogen-bond donors (Lipinski definition) is 0. The molecule has 0 saturated carbocycles. The molecule has 0 N–H and O–H groups in total. The monoisotopic (exact) mass is 327 g/mol. The van der Waals surface area contributed by atoms with E-state index in [9.17, 15) is 14.5 Å². The zero-order valence-electron chi connectivity index (χ0n) is 12.8. The van der Waals surface area contributed by atoms with Gasteiger partial charge < -0.3 is 18.9 Å². The van der Waals surface area contributed by atoms with Crippen LogP contribution >= 0.6 is 0 Å². The van der Waals surface area contributed by atoms with Gasteiger partial charge in [-0.15, -0.1) is 0 Å². The van der Waals surface area contributed by atoms with Gasteiger partial charge in [0, 0.05) is 24.5 Å². The lowest BCUT2D eigenvalue weighted by molar-refractivity contribution is -0.615. The maximum Gasteiger partial charge on any atom is 0.278 e. The Morgan fingerprint density at radius 2 is 2.04 bits per heavy atom. The fourth-order valence-electron chi connectivity index (χ4n) is 3.16. The number of hydrogen-bond acceptors (Lipinski definition) is 6. The molecule has 1 aromatic rings. The first-order valence-electron chi connectivity index (χ1n) is 7.27. The third-order valence-corrected chi connectivity index (χ3v) is 4.43. The average Bonchev–Trinajstić information content (AvgIpc) is 2.55. The van der Waals surface area contributed by atoms with Crippen molar-refractivity contribution >= 4 is 0 Å². The van der Waals surface area contributed by atoms with Crippen LogP contribution < -0.4 is 0 Å². The Bertz CT molecular complexity index is 572. The van der Waals surface area contributed by atoms with Crippen molar-refractivity contribution < 1.29 is 28.3 Å². The maximum absolute atomic E-state index is 14.1. The smallest absolute Gasteiger partial charge is 0.278 e. The van der Waals surface area contributed by atoms with Crippen molar-refractivity contribution in [1.82, 2.24) is 0 Å². The lowest BCUT2D eigenvalue weighted by Crippen LogP contribution is -2.70. The number of benzene rings is 1. The minimum Gasteiger partial charge on any atom is -0.368 e. The van der Waals surface area contributed by atoms with E-state index in [1.165, 1.54) is 14.0 Å². The first kappa shape index (κ1) is 16.3. The summed E-state index contributed by atoms with van der Waals surface area (Å²) >= 11 is 0. The Morgan fingerprint density at radius 3 is 2.65 bits per heavy atom. The number of rotatable bonds is 3. The molecule has 1 unspecified atom stereocenters. The van der Waals surface area contributed by atoms with Gasteiger partial charge in [0.2, 0.25) is 6.36 Å². The van der Waals surface area contributed by atoms with Crippen LogP contribution in [0.1, 0.15) is 18.8 Å². The van der Waals surface area contributed by atoms with Crippen LogP contribution in [0.3, 0.4) is 0 Å². The number of ether oxygens (including phenoxy) is 4. The summed E-state index contributed by atoms with van der Waals surface area (Å²) in [6.07, 6.45) is -5.92. The van der Waals surface area contributed by atoms with Crippen LogP contribution in [0.5, 0.6) is 0 Å². The molecule has 3 rings (SSSR count). The fourth-order valence-corrected chi connectivity index (χ4v) is 3.16. The van der Waals surface area contributed by atoms with Crippen molar-refractivity contribution in [1.29, 1.82) is 0 Å². The lowest BCUT2D eigenvalue weighted by atomic mass is 9.82. The summed E-state index contributed by atoms with van der Waals surface area (Å²) < 4.78 is 35.7. The summed E-state index contributed by atoms with van der Waals surface area (Å²) in [5.74, 6) is 0. The highest BCUT2D eigenvalue weighted by atomic mass is 19.1. The highest BCUT2D eigenvalue weighted by Gasteiger charge is 2.66. The molecule has 1 aromatic carbocycles. The van der Waals surface area contributed by atoms with Crippen molar-refractivity contribution in [3.05, 3.63) is 46.0 Å². The Morgan fingerprint density at radius 1 is 1.35 bits per heavy atom. The normalized spacial score (nSPS) is 40.4. The number of nitrogens with zero attached hydrogens (tertiary/aromatic N) is 1. The van der Waals surface area contributed by atoms with E-state index >= 15 is 0 Å². The van der Waals surface area contributed by atoms with E-state index in [0.717, 1.165) is 5.56 Å². The van der Waals surface area contributed by atoms with Crippen LogP contribution in [0, 0.1) is 10.1 Å². The van der Waals surface area contributed by atoms with E-state index in [-0.39, 0.29) is 6.61 Å². The van der Waals surface area contributed by atoms with Crippen molar-refractivity contribution in [2.45, 2.75) is 43.4 Å². The van der Waals surface area contributed by atoms with Crippen LogP contribution in [0.2, 0.25) is 0 Å². The number of fused-ring (bicyclic) bond motifs is 1. The molecular formula is C15H18FNO6. The van der Waals surface area contributed by atoms with Crippen molar-refractivity contribution in [3.63, 3.8) is 0 Å². The molecule has 2 heterocycles. The molecule has 0 amide bonds. The standard InChI is InChI=1S/C15H18FNO6/c1-15(17(18)19)11-10(22-13(16)12(15)20-2)8-21-14(23-11)9-6-4-3-5-7-9/h3-7,10-14H,8H2,1-2H3/t10-,11-,12-,13+,14?,15-/m0/s1. The molecule has 2 aliphatic heterocycles. The van der Waals surface area contributed by atoms with Crippen LogP contribution in [0.25, 0.3) is 0 Å². The van der Waals surface area contributed by atoms with Crippen LogP contribution in [-0.2, 0) is 18.9 Å². The van der Waals surface area contributed by atoms with Gasteiger partial charge in [0.25, 0.3) is 5.54 Å². The first-order valence-corrected chi connectivity index (χ1v) is 7.27. The van der Waals surface area contributed by atoms with Crippen molar-refractivity contribution in [3.8, 4) is 0 Å². The molecule has 2 saturated heterocycles. The summed E-state index contributed by atoms with van der Waals surface area (Å²) in [5.41, 5.74) is -1.05. The molecule has 8 heteroatoms. The fraction of sp³-hybridized carbons (Fsp3) is 0.600. The number of methoxy groups -OCH3 is 1. The van der Waals surface area contributed by atoms with Gasteiger partial charge in [-0.3, -0.25) is 10.1 Å². The summed E-state index contributed by atoms with van der Waals surface area (Å²) in [6.45, 7) is 1.33. The third-order valence-electron chi connectivity index (χ3n) is 4.43. The predicted molar refractivity (Wildman–Crippen MR) is 76.0 cm³/mol. The minimum atomic E-state index is -1.92. The Balaban J connectivity index is 1.92. The number of halogens is 1. The zero-order chi connectivity index (χ0) is 16.6. The lowest BCUT2D eigenvalue weighted by Gasteiger charge is -2.48. The van der Waals surface area contributed by atoms with Crippen LogP contribution in [0.15, 0.2) is 30.3 Å². The molecule has 6 atom stereocenters. The van der Waals surface area contributed by atoms with E-state index in [0.29, 0.717) is 0 Å². The molecule has 2 fully saturated rings. The van der Waals surface area contributed by atoms with E-state index < -0.39 is 41.4 Å². The quantitative estimate of drug-likeness (QED) is 0.622. The van der Waals surface area contributed by atoms with E-state index in [1.807, 2.05) is 18.2 Å². The van der Waals surface area contributed by atoms with Gasteiger partial charge in [0.05, 0.1) is 6.61 Å². The summed E-state index contributed by atoms with van der Waals surface area (Å²) in [6, 6.07) is 9.06. The van der Waals surface area contributed by atoms with Gasteiger partial charge in [-0.1, -0.05) is 30.3 Å². The van der Waals surface area contributed by atoms with Crippen molar-refractivity contribution in [2.75, 3.05) is 13.7 Å². The summed E-state index contributed by atoms with van der Waals surface area (Å²) in [5, 5.41) is 11.7. The summed E-state index contributed by atoms with van der Waals surface area (Å²) in [4.78, 5) is 11.1. The van der Waals surface area contributed by atoms with Gasteiger partial charge in [-0.25, -0.2) is 4.39 Å². The van der Waals surface area contributed by atoms with Crippen LogP contribution in [0.4, 0.5) is 4.39 Å². The topological polar surface area (TPSA) is 80.1 Å². The molecule has 23 heavy (non-hydrogen) atoms. The van der Waals surface area contributed by atoms with Gasteiger partial charge >= 0.3 is 0 Å². The molecule has 0 spiro atoms. The Kier molecular flexibility index (Phi) is 4.33. The van der Waals surface area contributed by atoms with E-state index in [2.05, 4.69) is 0 Å². The number of alkyl halides is 1. The summed E-state index contributed by atoms with van der Waals surface area (Å²) in [7, 11) is 1.22. The second kappa shape index (κ2) is 6.12. The Hall–Kier alpha value is -1.61. The second-order valence-electron chi connectivity index (χ2n) is 5.80. The second-order valence-corrected chi connectivity index (χ2v) is 5.80. The van der Waals surface area contributed by atoms with Gasteiger partial charge in [-0.2, -0.15) is 0 Å². The molecule has 0 radical (unpaired) electrons. The molecule has 126 valence electrons. The Labute approximate surface area is 132 Å². The van der Waals surface area contributed by atoms with Gasteiger partial charge in [-0.05, 0) is 0 Å². The van der Waals surface area contributed by atoms with Crippen molar-refractivity contribution in [2.24, 2.45) is 0 Å². The molecule has 7 nitrogen and oxygen atoms in total. The first-order chi connectivity index (χ1) is 11.0. The molecule has 2 aliphatic rings. The highest BCUT2D eigenvalue weighted by molar-refractivity contribution is 5.17. The SMILES string of the molecule is CO[C@H]1[C@H](F)O[C@H]2COC(c3ccccc3)O[C@@H]2[C@]1(C)[N+](=O)[O-]. The third kappa shape index (κ3) is 2.61. The van der Waals surface area contributed by atoms with E-state index in [4.69, 9.17) is 18.9 Å². The minimum absolute atomic E-state index is 0.00448. The highest BCUT2D eigenvalue weighted by Crippen LogP contribution is 2.41. The molecule has 0 bridgehead atoms. The van der Waals surface area contributed by atoms with E-state index in [1.54, 1.807) is 12.1 Å². The van der Waals surface area contributed by atoms with Gasteiger partial charge in [0.1, 0.15) is 6.10 Å². The predicted octanol–water partition coefficient (Wildman–Crippen LogP) is 1.85. The number of nitro groups is 1. The largest absolute Gasteiger partial charge is 0.368 e.